The fourth-order valence-corrected chi connectivity index (χ4v) is 1.63. The van der Waals surface area contributed by atoms with Crippen LogP contribution in [0.25, 0.3) is 5.57 Å². The van der Waals surface area contributed by atoms with E-state index in [1.165, 1.54) is 5.57 Å². The Bertz CT molecular complexity index is 396. The van der Waals surface area contributed by atoms with Crippen LogP contribution in [0.3, 0.4) is 0 Å². The molecular formula is C11H11N2O2. The van der Waals surface area contributed by atoms with Crippen LogP contribution in [0.1, 0.15) is 12.0 Å². The highest BCUT2D eigenvalue weighted by atomic mass is 16.6. The van der Waals surface area contributed by atoms with E-state index in [9.17, 15) is 10.1 Å². The summed E-state index contributed by atoms with van der Waals surface area (Å²) in [7, 11) is 0. The molecule has 0 unspecified atom stereocenters. The Labute approximate surface area is 87.8 Å². The minimum Gasteiger partial charge on any atom is -0.258 e. The molecule has 1 aromatic carbocycles. The molecule has 15 heavy (non-hydrogen) atoms. The fraction of sp³-hybridized carbons (Fsp3) is 0.273. The van der Waals surface area contributed by atoms with Crippen molar-refractivity contribution in [3.05, 3.63) is 46.0 Å². The molecule has 0 saturated heterocycles. The van der Waals surface area contributed by atoms with Gasteiger partial charge >= 0.3 is 0 Å². The number of rotatable bonds is 2. The van der Waals surface area contributed by atoms with Crippen LogP contribution in [-0.2, 0) is 0 Å². The molecule has 0 fully saturated rings. The maximum absolute atomic E-state index is 10.5. The molecule has 1 aromatic rings. The van der Waals surface area contributed by atoms with Gasteiger partial charge in [-0.05, 0) is 29.7 Å². The third-order valence-electron chi connectivity index (χ3n) is 2.45. The second-order valence-corrected chi connectivity index (χ2v) is 3.41. The second-order valence-electron chi connectivity index (χ2n) is 3.41. The molecule has 77 valence electrons. The molecular weight excluding hydrogens is 192 g/mol. The Kier molecular flexibility index (Phi) is 2.78. The molecule has 1 radical (unpaired) electrons. The largest absolute Gasteiger partial charge is 0.269 e. The second kappa shape index (κ2) is 4.23. The van der Waals surface area contributed by atoms with E-state index in [0.717, 1.165) is 25.1 Å². The monoisotopic (exact) mass is 203 g/mol. The molecule has 0 amide bonds. The molecule has 4 heteroatoms. The number of non-ortho nitro benzene ring substituents is 1. The van der Waals surface area contributed by atoms with Crippen LogP contribution < -0.4 is 5.32 Å². The average molecular weight is 203 g/mol. The van der Waals surface area contributed by atoms with Gasteiger partial charge in [-0.2, -0.15) is 0 Å². The van der Waals surface area contributed by atoms with Gasteiger partial charge < -0.3 is 0 Å². The summed E-state index contributed by atoms with van der Waals surface area (Å²) in [5.74, 6) is 0. The predicted molar refractivity (Wildman–Crippen MR) is 57.6 cm³/mol. The number of nitro groups is 1. The average Bonchev–Trinajstić information content (AvgIpc) is 2.30. The summed E-state index contributed by atoms with van der Waals surface area (Å²) in [4.78, 5) is 10.1. The molecule has 0 saturated carbocycles. The Morgan fingerprint density at radius 3 is 2.53 bits per heavy atom. The van der Waals surface area contributed by atoms with Crippen molar-refractivity contribution in [3.8, 4) is 0 Å². The summed E-state index contributed by atoms with van der Waals surface area (Å²) in [5.41, 5.74) is 2.44. The van der Waals surface area contributed by atoms with Crippen LogP contribution in [-0.4, -0.2) is 18.0 Å². The van der Waals surface area contributed by atoms with Gasteiger partial charge in [0.1, 0.15) is 0 Å². The normalized spacial score (nSPS) is 15.9. The van der Waals surface area contributed by atoms with E-state index in [-0.39, 0.29) is 10.6 Å². The van der Waals surface area contributed by atoms with E-state index < -0.39 is 0 Å². The molecule has 4 nitrogen and oxygen atoms in total. The van der Waals surface area contributed by atoms with E-state index in [4.69, 9.17) is 0 Å². The van der Waals surface area contributed by atoms with Gasteiger partial charge in [-0.1, -0.05) is 6.08 Å². The number of benzene rings is 1. The summed E-state index contributed by atoms with van der Waals surface area (Å²) in [6.45, 7) is 1.61. The summed E-state index contributed by atoms with van der Waals surface area (Å²) in [6.07, 6.45) is 3.00. The lowest BCUT2D eigenvalue weighted by Gasteiger charge is -2.12. The minimum atomic E-state index is -0.381. The van der Waals surface area contributed by atoms with Gasteiger partial charge in [0.05, 0.1) is 4.92 Å². The molecule has 1 heterocycles. The lowest BCUT2D eigenvalue weighted by molar-refractivity contribution is -0.384. The molecule has 1 aliphatic rings. The van der Waals surface area contributed by atoms with Crippen molar-refractivity contribution < 1.29 is 4.92 Å². The van der Waals surface area contributed by atoms with Crippen molar-refractivity contribution in [2.24, 2.45) is 0 Å². The van der Waals surface area contributed by atoms with Crippen molar-refractivity contribution in [2.75, 3.05) is 13.1 Å². The van der Waals surface area contributed by atoms with Crippen molar-refractivity contribution in [1.29, 1.82) is 0 Å². The summed E-state index contributed by atoms with van der Waals surface area (Å²) >= 11 is 0. The third-order valence-corrected chi connectivity index (χ3v) is 2.45. The summed E-state index contributed by atoms with van der Waals surface area (Å²) in [6, 6.07) is 6.69. The first-order chi connectivity index (χ1) is 7.27. The number of nitro benzene ring substituents is 1. The molecule has 0 aromatic heterocycles. The maximum Gasteiger partial charge on any atom is 0.269 e. The van der Waals surface area contributed by atoms with E-state index >= 15 is 0 Å². The molecule has 0 bridgehead atoms. The lowest BCUT2D eigenvalue weighted by atomic mass is 10.0. The van der Waals surface area contributed by atoms with Crippen molar-refractivity contribution in [3.63, 3.8) is 0 Å². The van der Waals surface area contributed by atoms with Crippen LogP contribution >= 0.6 is 0 Å². The number of nitrogens with zero attached hydrogens (tertiary/aromatic N) is 2. The topological polar surface area (TPSA) is 57.2 Å². The first kappa shape index (κ1) is 9.86. The smallest absolute Gasteiger partial charge is 0.258 e. The molecule has 0 N–H and O–H groups in total. The van der Waals surface area contributed by atoms with Crippen molar-refractivity contribution in [2.45, 2.75) is 6.42 Å². The van der Waals surface area contributed by atoms with Gasteiger partial charge in [0.2, 0.25) is 0 Å². The van der Waals surface area contributed by atoms with E-state index in [0.29, 0.717) is 0 Å². The molecule has 0 spiro atoms. The van der Waals surface area contributed by atoms with Gasteiger partial charge in [-0.15, -0.1) is 0 Å². The number of hydrogen-bond donors (Lipinski definition) is 0. The van der Waals surface area contributed by atoms with Gasteiger partial charge in [0, 0.05) is 25.2 Å². The van der Waals surface area contributed by atoms with Crippen LogP contribution in [0.15, 0.2) is 30.3 Å². The van der Waals surface area contributed by atoms with E-state index in [1.54, 1.807) is 24.3 Å². The first-order valence-electron chi connectivity index (χ1n) is 4.84. The number of hydrogen-bond acceptors (Lipinski definition) is 2. The van der Waals surface area contributed by atoms with Crippen molar-refractivity contribution >= 4 is 11.3 Å². The van der Waals surface area contributed by atoms with Crippen LogP contribution in [0, 0.1) is 10.1 Å². The molecule has 0 aliphatic carbocycles. The standard InChI is InChI=1S/C11H11N2O2/c14-13(15)11-3-1-9(2-4-11)10-5-7-12-8-6-10/h1-5H,6-8H2. The van der Waals surface area contributed by atoms with E-state index in [2.05, 4.69) is 11.4 Å². The molecule has 1 aliphatic heterocycles. The Hall–Kier alpha value is -1.68. The quantitative estimate of drug-likeness (QED) is 0.545. The summed E-state index contributed by atoms with van der Waals surface area (Å²) < 4.78 is 0. The Morgan fingerprint density at radius 2 is 2.00 bits per heavy atom. The minimum absolute atomic E-state index is 0.139. The Morgan fingerprint density at radius 1 is 1.27 bits per heavy atom. The van der Waals surface area contributed by atoms with Crippen LogP contribution in [0.4, 0.5) is 5.69 Å². The zero-order valence-electron chi connectivity index (χ0n) is 8.22. The highest BCUT2D eigenvalue weighted by Gasteiger charge is 2.08. The highest BCUT2D eigenvalue weighted by molar-refractivity contribution is 5.67. The van der Waals surface area contributed by atoms with E-state index in [1.807, 2.05) is 0 Å². The molecule has 0 atom stereocenters. The third kappa shape index (κ3) is 2.22. The molecule has 2 rings (SSSR count). The van der Waals surface area contributed by atoms with Crippen LogP contribution in [0.2, 0.25) is 0 Å². The van der Waals surface area contributed by atoms with Gasteiger partial charge in [-0.25, -0.2) is 5.32 Å². The zero-order valence-corrected chi connectivity index (χ0v) is 8.22. The van der Waals surface area contributed by atoms with Gasteiger partial charge in [0.15, 0.2) is 0 Å². The first-order valence-corrected chi connectivity index (χ1v) is 4.84. The highest BCUT2D eigenvalue weighted by Crippen LogP contribution is 2.22. The summed E-state index contributed by atoms with van der Waals surface area (Å²) in [5, 5.41) is 14.7. The van der Waals surface area contributed by atoms with Crippen LogP contribution in [0.5, 0.6) is 0 Å². The zero-order chi connectivity index (χ0) is 10.7. The predicted octanol–water partition coefficient (Wildman–Crippen LogP) is 1.99. The lowest BCUT2D eigenvalue weighted by Crippen LogP contribution is -2.12. The SMILES string of the molecule is O=[N+]([O-])c1ccc(C2=CC[N]CC2)cc1. The van der Waals surface area contributed by atoms with Gasteiger partial charge in [0.25, 0.3) is 5.69 Å². The van der Waals surface area contributed by atoms with Crippen molar-refractivity contribution in [1.82, 2.24) is 5.32 Å². The van der Waals surface area contributed by atoms with Gasteiger partial charge in [-0.3, -0.25) is 10.1 Å². The maximum atomic E-state index is 10.5. The fourth-order valence-electron chi connectivity index (χ4n) is 1.63. The Balaban J connectivity index is 2.23.